The van der Waals surface area contributed by atoms with Crippen molar-refractivity contribution in [3.8, 4) is 5.75 Å². The van der Waals surface area contributed by atoms with Crippen LogP contribution in [-0.4, -0.2) is 17.8 Å². The molecule has 1 rings (SSSR count). The van der Waals surface area contributed by atoms with Gasteiger partial charge in [-0.15, -0.1) is 0 Å². The Labute approximate surface area is 98.3 Å². The van der Waals surface area contributed by atoms with E-state index in [2.05, 4.69) is 39.0 Å². The van der Waals surface area contributed by atoms with Crippen LogP contribution in [0, 0.1) is 6.92 Å². The second-order valence-electron chi connectivity index (χ2n) is 4.68. The summed E-state index contributed by atoms with van der Waals surface area (Å²) in [6, 6.07) is 6.30. The number of aliphatic hydroxyl groups excluding tert-OH is 1. The van der Waals surface area contributed by atoms with Gasteiger partial charge < -0.3 is 9.84 Å². The van der Waals surface area contributed by atoms with E-state index >= 15 is 0 Å². The average Bonchev–Trinajstić information content (AvgIpc) is 2.16. The minimum atomic E-state index is -0.299. The highest BCUT2D eigenvalue weighted by Crippen LogP contribution is 2.27. The Morgan fingerprint density at radius 1 is 1.25 bits per heavy atom. The van der Waals surface area contributed by atoms with Crippen LogP contribution in [-0.2, 0) is 0 Å². The molecule has 0 fully saturated rings. The Morgan fingerprint density at radius 3 is 2.50 bits per heavy atom. The molecule has 2 nitrogen and oxygen atoms in total. The van der Waals surface area contributed by atoms with Crippen molar-refractivity contribution in [2.75, 3.05) is 6.61 Å². The van der Waals surface area contributed by atoms with E-state index in [0.29, 0.717) is 18.9 Å². The predicted molar refractivity (Wildman–Crippen MR) is 67.1 cm³/mol. The molecule has 0 saturated carbocycles. The molecule has 0 radical (unpaired) electrons. The number of benzene rings is 1. The first kappa shape index (κ1) is 13.0. The quantitative estimate of drug-likeness (QED) is 0.828. The normalized spacial score (nSPS) is 12.9. The summed E-state index contributed by atoms with van der Waals surface area (Å²) in [5.74, 6) is 1.41. The molecule has 0 amide bonds. The van der Waals surface area contributed by atoms with Crippen LogP contribution in [0.1, 0.15) is 44.2 Å². The number of rotatable bonds is 5. The molecular formula is C14H22O2. The van der Waals surface area contributed by atoms with Gasteiger partial charge >= 0.3 is 0 Å². The van der Waals surface area contributed by atoms with Gasteiger partial charge in [0.2, 0.25) is 0 Å². The molecule has 90 valence electrons. The van der Waals surface area contributed by atoms with Crippen molar-refractivity contribution in [1.29, 1.82) is 0 Å². The van der Waals surface area contributed by atoms with Crippen molar-refractivity contribution >= 4 is 0 Å². The highest BCUT2D eigenvalue weighted by atomic mass is 16.5. The molecular weight excluding hydrogens is 200 g/mol. The zero-order chi connectivity index (χ0) is 12.1. The molecule has 0 saturated heterocycles. The van der Waals surface area contributed by atoms with E-state index in [0.717, 1.165) is 5.75 Å². The molecule has 0 heterocycles. The fourth-order valence-electron chi connectivity index (χ4n) is 1.58. The summed E-state index contributed by atoms with van der Waals surface area (Å²) in [6.45, 7) is 8.73. The van der Waals surface area contributed by atoms with Gasteiger partial charge in [-0.05, 0) is 37.0 Å². The Hall–Kier alpha value is -1.02. The molecule has 2 heteroatoms. The highest BCUT2D eigenvalue weighted by Gasteiger charge is 2.08. The molecule has 1 N–H and O–H groups in total. The fraction of sp³-hybridized carbons (Fsp3) is 0.571. The van der Waals surface area contributed by atoms with Crippen LogP contribution in [0.3, 0.4) is 0 Å². The third-order valence-corrected chi connectivity index (χ3v) is 2.58. The van der Waals surface area contributed by atoms with E-state index in [9.17, 15) is 5.11 Å². The topological polar surface area (TPSA) is 29.5 Å². The van der Waals surface area contributed by atoms with E-state index in [1.165, 1.54) is 11.1 Å². The lowest BCUT2D eigenvalue weighted by Gasteiger charge is -2.15. The number of hydrogen-bond donors (Lipinski definition) is 1. The molecule has 0 bridgehead atoms. The van der Waals surface area contributed by atoms with Gasteiger partial charge in [0, 0.05) is 6.42 Å². The molecule has 1 aromatic rings. The zero-order valence-corrected chi connectivity index (χ0v) is 10.7. The summed E-state index contributed by atoms with van der Waals surface area (Å²) < 4.78 is 5.73. The van der Waals surface area contributed by atoms with E-state index in [1.54, 1.807) is 6.92 Å². The molecule has 0 aliphatic rings. The summed E-state index contributed by atoms with van der Waals surface area (Å²) in [4.78, 5) is 0. The highest BCUT2D eigenvalue weighted by molar-refractivity contribution is 5.39. The lowest BCUT2D eigenvalue weighted by Crippen LogP contribution is -2.08. The van der Waals surface area contributed by atoms with Crippen LogP contribution in [0.15, 0.2) is 18.2 Å². The summed E-state index contributed by atoms with van der Waals surface area (Å²) in [5.41, 5.74) is 2.44. The standard InChI is InChI=1S/C14H22O2/c1-10(2)13-6-5-11(3)9-14(13)16-8-7-12(4)15/h5-6,9-10,12,15H,7-8H2,1-4H3. The van der Waals surface area contributed by atoms with Gasteiger partial charge in [0.1, 0.15) is 5.75 Å². The van der Waals surface area contributed by atoms with Gasteiger partial charge in [-0.1, -0.05) is 26.0 Å². The van der Waals surface area contributed by atoms with Crippen LogP contribution in [0.4, 0.5) is 0 Å². The Balaban J connectivity index is 2.72. The monoisotopic (exact) mass is 222 g/mol. The van der Waals surface area contributed by atoms with Crippen LogP contribution < -0.4 is 4.74 Å². The number of hydrogen-bond acceptors (Lipinski definition) is 2. The minimum Gasteiger partial charge on any atom is -0.493 e. The molecule has 0 aliphatic carbocycles. The second kappa shape index (κ2) is 5.90. The molecule has 1 atom stereocenters. The average molecular weight is 222 g/mol. The Kier molecular flexibility index (Phi) is 4.81. The molecule has 1 unspecified atom stereocenters. The first-order chi connectivity index (χ1) is 7.50. The summed E-state index contributed by atoms with van der Waals surface area (Å²) >= 11 is 0. The Morgan fingerprint density at radius 2 is 1.94 bits per heavy atom. The van der Waals surface area contributed by atoms with Crippen molar-refractivity contribution in [1.82, 2.24) is 0 Å². The summed E-state index contributed by atoms with van der Waals surface area (Å²) in [6.07, 6.45) is 0.373. The second-order valence-corrected chi connectivity index (χ2v) is 4.68. The zero-order valence-electron chi connectivity index (χ0n) is 10.7. The van der Waals surface area contributed by atoms with Gasteiger partial charge in [0.15, 0.2) is 0 Å². The maximum Gasteiger partial charge on any atom is 0.123 e. The summed E-state index contributed by atoms with van der Waals surface area (Å²) in [5, 5.41) is 9.18. The van der Waals surface area contributed by atoms with E-state index in [1.807, 2.05) is 0 Å². The van der Waals surface area contributed by atoms with E-state index in [-0.39, 0.29) is 6.10 Å². The molecule has 0 aliphatic heterocycles. The fourth-order valence-corrected chi connectivity index (χ4v) is 1.58. The first-order valence-electron chi connectivity index (χ1n) is 5.92. The lowest BCUT2D eigenvalue weighted by molar-refractivity contribution is 0.155. The number of aliphatic hydroxyl groups is 1. The van der Waals surface area contributed by atoms with Crippen molar-refractivity contribution < 1.29 is 9.84 Å². The molecule has 16 heavy (non-hydrogen) atoms. The molecule has 1 aromatic carbocycles. The largest absolute Gasteiger partial charge is 0.493 e. The van der Waals surface area contributed by atoms with Crippen molar-refractivity contribution in [3.05, 3.63) is 29.3 Å². The van der Waals surface area contributed by atoms with Gasteiger partial charge in [0.05, 0.1) is 12.7 Å². The lowest BCUT2D eigenvalue weighted by atomic mass is 10.0. The van der Waals surface area contributed by atoms with Crippen LogP contribution in [0.25, 0.3) is 0 Å². The SMILES string of the molecule is Cc1ccc(C(C)C)c(OCCC(C)O)c1. The van der Waals surface area contributed by atoms with E-state index < -0.39 is 0 Å². The first-order valence-corrected chi connectivity index (χ1v) is 5.92. The van der Waals surface area contributed by atoms with Gasteiger partial charge in [0.25, 0.3) is 0 Å². The van der Waals surface area contributed by atoms with Crippen molar-refractivity contribution in [3.63, 3.8) is 0 Å². The van der Waals surface area contributed by atoms with Crippen molar-refractivity contribution in [2.24, 2.45) is 0 Å². The van der Waals surface area contributed by atoms with Crippen molar-refractivity contribution in [2.45, 2.75) is 46.1 Å². The summed E-state index contributed by atoms with van der Waals surface area (Å²) in [7, 11) is 0. The third-order valence-electron chi connectivity index (χ3n) is 2.58. The minimum absolute atomic E-state index is 0.299. The van der Waals surface area contributed by atoms with Gasteiger partial charge in [-0.3, -0.25) is 0 Å². The van der Waals surface area contributed by atoms with E-state index in [4.69, 9.17) is 4.74 Å². The molecule has 0 aromatic heterocycles. The van der Waals surface area contributed by atoms with Crippen LogP contribution >= 0.6 is 0 Å². The number of ether oxygens (including phenoxy) is 1. The van der Waals surface area contributed by atoms with Gasteiger partial charge in [-0.25, -0.2) is 0 Å². The Bertz CT molecular complexity index is 330. The maximum absolute atomic E-state index is 9.18. The van der Waals surface area contributed by atoms with Crippen LogP contribution in [0.5, 0.6) is 5.75 Å². The smallest absolute Gasteiger partial charge is 0.123 e. The van der Waals surface area contributed by atoms with Crippen LogP contribution in [0.2, 0.25) is 0 Å². The van der Waals surface area contributed by atoms with Gasteiger partial charge in [-0.2, -0.15) is 0 Å². The number of aryl methyl sites for hydroxylation is 1. The molecule has 0 spiro atoms. The third kappa shape index (κ3) is 3.86. The maximum atomic E-state index is 9.18. The predicted octanol–water partition coefficient (Wildman–Crippen LogP) is 3.27.